The molecule has 0 spiro atoms. The molecular formula is C18H19BrN2O2. The highest BCUT2D eigenvalue weighted by atomic mass is 79.9. The number of benzene rings is 2. The highest BCUT2D eigenvalue weighted by Gasteiger charge is 2.21. The van der Waals surface area contributed by atoms with Crippen molar-refractivity contribution in [1.82, 2.24) is 0 Å². The first kappa shape index (κ1) is 17.2. The van der Waals surface area contributed by atoms with Gasteiger partial charge in [0.05, 0.1) is 0 Å². The van der Waals surface area contributed by atoms with E-state index in [9.17, 15) is 9.59 Å². The van der Waals surface area contributed by atoms with E-state index in [1.165, 1.54) is 0 Å². The fraction of sp³-hybridized carbons (Fsp3) is 0.222. The Hall–Kier alpha value is -2.14. The molecule has 0 atom stereocenters. The van der Waals surface area contributed by atoms with E-state index in [2.05, 4.69) is 26.6 Å². The summed E-state index contributed by atoms with van der Waals surface area (Å²) in [5, 5.41) is 5.65. The minimum atomic E-state index is -0.461. The molecule has 0 aromatic heterocycles. The molecule has 0 aliphatic carbocycles. The number of carbonyl (C=O) groups excluding carboxylic acids is 2. The summed E-state index contributed by atoms with van der Waals surface area (Å²) in [5.41, 5.74) is 1.47. The van der Waals surface area contributed by atoms with E-state index in [-0.39, 0.29) is 11.8 Å². The fourth-order valence-electron chi connectivity index (χ4n) is 1.76. The topological polar surface area (TPSA) is 58.2 Å². The molecule has 0 radical (unpaired) electrons. The quantitative estimate of drug-likeness (QED) is 0.818. The molecule has 2 rings (SSSR count). The lowest BCUT2D eigenvalue weighted by Gasteiger charge is -2.17. The normalized spacial score (nSPS) is 11.0. The van der Waals surface area contributed by atoms with Crippen molar-refractivity contribution in [3.05, 3.63) is 58.6 Å². The van der Waals surface area contributed by atoms with Crippen molar-refractivity contribution in [2.45, 2.75) is 20.8 Å². The van der Waals surface area contributed by atoms with Crippen LogP contribution in [0.4, 0.5) is 11.4 Å². The van der Waals surface area contributed by atoms with Gasteiger partial charge in [-0.05, 0) is 48.5 Å². The van der Waals surface area contributed by atoms with Crippen LogP contribution in [-0.4, -0.2) is 11.8 Å². The lowest BCUT2D eigenvalue weighted by atomic mass is 9.95. The minimum Gasteiger partial charge on any atom is -0.326 e. The maximum absolute atomic E-state index is 12.2. The molecule has 0 fully saturated rings. The third-order valence-electron chi connectivity index (χ3n) is 3.19. The molecule has 2 amide bonds. The van der Waals surface area contributed by atoms with Gasteiger partial charge >= 0.3 is 0 Å². The number of amides is 2. The largest absolute Gasteiger partial charge is 0.326 e. The molecule has 2 aromatic carbocycles. The van der Waals surface area contributed by atoms with E-state index in [4.69, 9.17) is 0 Å². The lowest BCUT2D eigenvalue weighted by molar-refractivity contribution is -0.123. The molecule has 2 aromatic rings. The maximum Gasteiger partial charge on any atom is 0.255 e. The van der Waals surface area contributed by atoms with E-state index in [1.54, 1.807) is 24.3 Å². The first-order chi connectivity index (χ1) is 10.8. The number of anilines is 2. The zero-order chi connectivity index (χ0) is 17.0. The van der Waals surface area contributed by atoms with Gasteiger partial charge < -0.3 is 10.6 Å². The zero-order valence-electron chi connectivity index (χ0n) is 13.3. The predicted octanol–water partition coefficient (Wildman–Crippen LogP) is 4.69. The summed E-state index contributed by atoms with van der Waals surface area (Å²) in [4.78, 5) is 24.1. The Labute approximate surface area is 144 Å². The molecule has 0 unspecified atom stereocenters. The Kier molecular flexibility index (Phi) is 5.21. The molecule has 4 nitrogen and oxygen atoms in total. The van der Waals surface area contributed by atoms with Gasteiger partial charge in [0.1, 0.15) is 0 Å². The average Bonchev–Trinajstić information content (AvgIpc) is 2.49. The average molecular weight is 375 g/mol. The molecule has 5 heteroatoms. The SMILES string of the molecule is CC(C)(C)C(=O)Nc1ccc(C(=O)Nc2ccc(Br)cc2)cc1. The first-order valence-corrected chi connectivity index (χ1v) is 8.03. The van der Waals surface area contributed by atoms with Crippen LogP contribution in [-0.2, 0) is 4.79 Å². The molecule has 120 valence electrons. The van der Waals surface area contributed by atoms with Crippen molar-refractivity contribution < 1.29 is 9.59 Å². The van der Waals surface area contributed by atoms with E-state index in [0.29, 0.717) is 11.3 Å². The fourth-order valence-corrected chi connectivity index (χ4v) is 2.02. The van der Waals surface area contributed by atoms with Gasteiger partial charge in [0.25, 0.3) is 5.91 Å². The summed E-state index contributed by atoms with van der Waals surface area (Å²) < 4.78 is 0.953. The summed E-state index contributed by atoms with van der Waals surface area (Å²) in [5.74, 6) is -0.259. The van der Waals surface area contributed by atoms with Gasteiger partial charge in [-0.3, -0.25) is 9.59 Å². The standard InChI is InChI=1S/C18H19BrN2O2/c1-18(2,3)17(23)21-15-8-4-12(5-9-15)16(22)20-14-10-6-13(19)7-11-14/h4-11H,1-3H3,(H,20,22)(H,21,23). The van der Waals surface area contributed by atoms with Crippen LogP contribution in [0.1, 0.15) is 31.1 Å². The van der Waals surface area contributed by atoms with E-state index in [1.807, 2.05) is 45.0 Å². The van der Waals surface area contributed by atoms with Crippen molar-refractivity contribution in [1.29, 1.82) is 0 Å². The van der Waals surface area contributed by atoms with Crippen molar-refractivity contribution in [2.75, 3.05) is 10.6 Å². The summed E-state index contributed by atoms with van der Waals surface area (Å²) in [6.45, 7) is 5.55. The Balaban J connectivity index is 2.02. The number of hydrogen-bond acceptors (Lipinski definition) is 2. The van der Waals surface area contributed by atoms with E-state index >= 15 is 0 Å². The lowest BCUT2D eigenvalue weighted by Crippen LogP contribution is -2.27. The molecule has 0 aliphatic rings. The summed E-state index contributed by atoms with van der Waals surface area (Å²) in [6.07, 6.45) is 0. The van der Waals surface area contributed by atoms with Gasteiger partial charge in [-0.2, -0.15) is 0 Å². The second kappa shape index (κ2) is 6.96. The molecular weight excluding hydrogens is 356 g/mol. The monoisotopic (exact) mass is 374 g/mol. The van der Waals surface area contributed by atoms with Gasteiger partial charge in [-0.1, -0.05) is 36.7 Å². The smallest absolute Gasteiger partial charge is 0.255 e. The number of halogens is 1. The highest BCUT2D eigenvalue weighted by molar-refractivity contribution is 9.10. The van der Waals surface area contributed by atoms with Crippen LogP contribution < -0.4 is 10.6 Å². The zero-order valence-corrected chi connectivity index (χ0v) is 14.9. The van der Waals surface area contributed by atoms with Crippen LogP contribution in [0.3, 0.4) is 0 Å². The first-order valence-electron chi connectivity index (χ1n) is 7.24. The van der Waals surface area contributed by atoms with Crippen molar-refractivity contribution >= 4 is 39.1 Å². The van der Waals surface area contributed by atoms with Crippen molar-refractivity contribution in [3.63, 3.8) is 0 Å². The Bertz CT molecular complexity index is 701. The molecule has 0 heterocycles. The predicted molar refractivity (Wildman–Crippen MR) is 96.6 cm³/mol. The van der Waals surface area contributed by atoms with E-state index in [0.717, 1.165) is 10.2 Å². The van der Waals surface area contributed by atoms with Gasteiger partial charge in [0.15, 0.2) is 0 Å². The summed E-state index contributed by atoms with van der Waals surface area (Å²) in [7, 11) is 0. The highest BCUT2D eigenvalue weighted by Crippen LogP contribution is 2.19. The van der Waals surface area contributed by atoms with Crippen LogP contribution >= 0.6 is 15.9 Å². The van der Waals surface area contributed by atoms with Crippen LogP contribution in [0, 0.1) is 5.41 Å². The molecule has 0 bridgehead atoms. The van der Waals surface area contributed by atoms with Gasteiger partial charge in [0.2, 0.25) is 5.91 Å². The minimum absolute atomic E-state index is 0.0652. The molecule has 0 aliphatic heterocycles. The Morgan fingerprint density at radius 3 is 1.83 bits per heavy atom. The third-order valence-corrected chi connectivity index (χ3v) is 3.72. The molecule has 2 N–H and O–H groups in total. The van der Waals surface area contributed by atoms with Gasteiger partial charge in [-0.25, -0.2) is 0 Å². The Morgan fingerprint density at radius 1 is 0.826 bits per heavy atom. The van der Waals surface area contributed by atoms with Crippen molar-refractivity contribution in [3.8, 4) is 0 Å². The van der Waals surface area contributed by atoms with E-state index < -0.39 is 5.41 Å². The van der Waals surface area contributed by atoms with Crippen LogP contribution in [0.15, 0.2) is 53.0 Å². The number of hydrogen-bond donors (Lipinski definition) is 2. The summed E-state index contributed by atoms with van der Waals surface area (Å²) >= 11 is 3.35. The molecule has 0 saturated carbocycles. The van der Waals surface area contributed by atoms with Crippen molar-refractivity contribution in [2.24, 2.45) is 5.41 Å². The van der Waals surface area contributed by atoms with Gasteiger partial charge in [-0.15, -0.1) is 0 Å². The Morgan fingerprint density at radius 2 is 1.30 bits per heavy atom. The van der Waals surface area contributed by atoms with Crippen LogP contribution in [0.25, 0.3) is 0 Å². The molecule has 0 saturated heterocycles. The van der Waals surface area contributed by atoms with Gasteiger partial charge in [0, 0.05) is 26.8 Å². The number of nitrogens with one attached hydrogen (secondary N) is 2. The van der Waals surface area contributed by atoms with Crippen LogP contribution in [0.2, 0.25) is 0 Å². The number of carbonyl (C=O) groups is 2. The maximum atomic E-state index is 12.2. The third kappa shape index (κ3) is 4.93. The molecule has 23 heavy (non-hydrogen) atoms. The number of rotatable bonds is 3. The second-order valence-electron chi connectivity index (χ2n) is 6.24. The second-order valence-corrected chi connectivity index (χ2v) is 7.16. The van der Waals surface area contributed by atoms with Crippen LogP contribution in [0.5, 0.6) is 0 Å². The summed E-state index contributed by atoms with van der Waals surface area (Å²) in [6, 6.07) is 14.2.